The van der Waals surface area contributed by atoms with Gasteiger partial charge in [-0.15, -0.1) is 0 Å². The number of hydrogen-bond donors (Lipinski definition) is 1. The fraction of sp³-hybridized carbons (Fsp3) is 0.0833. The molecule has 0 spiro atoms. The largest absolute Gasteiger partial charge is 0.436 e. The van der Waals surface area contributed by atoms with Crippen molar-refractivity contribution in [1.29, 1.82) is 0 Å². The molecule has 2 N–H and O–H groups in total. The molecule has 0 bridgehead atoms. The second-order valence-electron chi connectivity index (χ2n) is 3.35. The number of ether oxygens (including phenoxy) is 1. The Hall–Kier alpha value is -1.46. The Balaban J connectivity index is 2.27. The molecule has 0 atom stereocenters. The second-order valence-corrected chi connectivity index (χ2v) is 4.26. The van der Waals surface area contributed by atoms with Crippen LogP contribution in [0.4, 0.5) is 4.39 Å². The SMILES string of the molecule is NCc1ccnc(Oc2ccc(Br)cc2)c1F. The molecular weight excluding hydrogens is 287 g/mol. The molecule has 5 heteroatoms. The van der Waals surface area contributed by atoms with E-state index in [0.717, 1.165) is 4.47 Å². The van der Waals surface area contributed by atoms with E-state index in [4.69, 9.17) is 10.5 Å². The average Bonchev–Trinajstić information content (AvgIpc) is 2.35. The van der Waals surface area contributed by atoms with Crippen LogP contribution in [-0.2, 0) is 6.54 Å². The van der Waals surface area contributed by atoms with Gasteiger partial charge in [-0.05, 0) is 30.3 Å². The molecule has 0 saturated carbocycles. The normalized spacial score (nSPS) is 10.3. The molecule has 1 aromatic carbocycles. The topological polar surface area (TPSA) is 48.1 Å². The highest BCUT2D eigenvalue weighted by Gasteiger charge is 2.10. The molecule has 0 unspecified atom stereocenters. The van der Waals surface area contributed by atoms with Gasteiger partial charge in [-0.3, -0.25) is 0 Å². The van der Waals surface area contributed by atoms with Gasteiger partial charge in [0.15, 0.2) is 5.82 Å². The highest BCUT2D eigenvalue weighted by molar-refractivity contribution is 9.10. The highest BCUT2D eigenvalue weighted by atomic mass is 79.9. The zero-order valence-corrected chi connectivity index (χ0v) is 10.4. The van der Waals surface area contributed by atoms with E-state index < -0.39 is 5.82 Å². The predicted molar refractivity (Wildman–Crippen MR) is 66.3 cm³/mol. The van der Waals surface area contributed by atoms with Gasteiger partial charge in [-0.1, -0.05) is 15.9 Å². The Morgan fingerprint density at radius 2 is 1.94 bits per heavy atom. The van der Waals surface area contributed by atoms with E-state index in [0.29, 0.717) is 11.3 Å². The van der Waals surface area contributed by atoms with Gasteiger partial charge < -0.3 is 10.5 Å². The summed E-state index contributed by atoms with van der Waals surface area (Å²) in [6.45, 7) is 0.116. The summed E-state index contributed by atoms with van der Waals surface area (Å²) in [6, 6.07) is 8.59. The number of halogens is 2. The third kappa shape index (κ3) is 2.81. The monoisotopic (exact) mass is 296 g/mol. The van der Waals surface area contributed by atoms with Gasteiger partial charge >= 0.3 is 0 Å². The summed E-state index contributed by atoms with van der Waals surface area (Å²) >= 11 is 3.31. The maximum absolute atomic E-state index is 13.8. The first-order valence-electron chi connectivity index (χ1n) is 4.97. The Morgan fingerprint density at radius 3 is 2.59 bits per heavy atom. The number of nitrogens with two attached hydrogens (primary N) is 1. The third-order valence-electron chi connectivity index (χ3n) is 2.19. The minimum atomic E-state index is -0.516. The molecular formula is C12H10BrFN2O. The van der Waals surface area contributed by atoms with Gasteiger partial charge in [0.2, 0.25) is 0 Å². The summed E-state index contributed by atoms with van der Waals surface area (Å²) in [7, 11) is 0. The van der Waals surface area contributed by atoms with Crippen LogP contribution >= 0.6 is 15.9 Å². The lowest BCUT2D eigenvalue weighted by Crippen LogP contribution is -2.02. The van der Waals surface area contributed by atoms with E-state index in [1.807, 2.05) is 0 Å². The van der Waals surface area contributed by atoms with Crippen molar-refractivity contribution >= 4 is 15.9 Å². The number of aromatic nitrogens is 1. The first-order valence-corrected chi connectivity index (χ1v) is 5.77. The quantitative estimate of drug-likeness (QED) is 0.946. The van der Waals surface area contributed by atoms with Crippen molar-refractivity contribution in [2.24, 2.45) is 5.73 Å². The van der Waals surface area contributed by atoms with Crippen LogP contribution in [0.5, 0.6) is 11.6 Å². The molecule has 0 aliphatic rings. The first kappa shape index (κ1) is 12.0. The highest BCUT2D eigenvalue weighted by Crippen LogP contribution is 2.25. The molecule has 88 valence electrons. The van der Waals surface area contributed by atoms with Crippen molar-refractivity contribution in [3.05, 3.63) is 52.4 Å². The van der Waals surface area contributed by atoms with E-state index >= 15 is 0 Å². The molecule has 1 heterocycles. The molecule has 17 heavy (non-hydrogen) atoms. The summed E-state index contributed by atoms with van der Waals surface area (Å²) in [5, 5.41) is 0. The lowest BCUT2D eigenvalue weighted by molar-refractivity contribution is 0.419. The lowest BCUT2D eigenvalue weighted by Gasteiger charge is -2.07. The van der Waals surface area contributed by atoms with Crippen LogP contribution in [0.3, 0.4) is 0 Å². The van der Waals surface area contributed by atoms with Gasteiger partial charge in [-0.2, -0.15) is 0 Å². The maximum atomic E-state index is 13.8. The zero-order chi connectivity index (χ0) is 12.3. The number of nitrogens with zero attached hydrogens (tertiary/aromatic N) is 1. The summed E-state index contributed by atoms with van der Waals surface area (Å²) < 4.78 is 20.0. The van der Waals surface area contributed by atoms with E-state index in [-0.39, 0.29) is 12.4 Å². The van der Waals surface area contributed by atoms with E-state index in [2.05, 4.69) is 20.9 Å². The standard InChI is InChI=1S/C12H10BrFN2O/c13-9-1-3-10(4-2-9)17-12-11(14)8(7-15)5-6-16-12/h1-6H,7,15H2. The van der Waals surface area contributed by atoms with Crippen LogP contribution in [-0.4, -0.2) is 4.98 Å². The van der Waals surface area contributed by atoms with Gasteiger partial charge in [-0.25, -0.2) is 9.37 Å². The van der Waals surface area contributed by atoms with Crippen LogP contribution in [0.1, 0.15) is 5.56 Å². The summed E-state index contributed by atoms with van der Waals surface area (Å²) in [5.74, 6) is -0.0537. The van der Waals surface area contributed by atoms with E-state index in [9.17, 15) is 4.39 Å². The van der Waals surface area contributed by atoms with Crippen LogP contribution in [0.15, 0.2) is 41.0 Å². The predicted octanol–water partition coefficient (Wildman–Crippen LogP) is 3.23. The molecule has 0 amide bonds. The van der Waals surface area contributed by atoms with Gasteiger partial charge in [0.05, 0.1) is 0 Å². The molecule has 0 saturated heterocycles. The molecule has 3 nitrogen and oxygen atoms in total. The lowest BCUT2D eigenvalue weighted by atomic mass is 10.2. The molecule has 0 aliphatic carbocycles. The molecule has 0 fully saturated rings. The van der Waals surface area contributed by atoms with Crippen LogP contribution < -0.4 is 10.5 Å². The Labute approximate surface area is 107 Å². The zero-order valence-electron chi connectivity index (χ0n) is 8.86. The van der Waals surface area contributed by atoms with Gasteiger partial charge in [0.25, 0.3) is 5.88 Å². The summed E-state index contributed by atoms with van der Waals surface area (Å²) in [4.78, 5) is 3.84. The second kappa shape index (κ2) is 5.25. The number of hydrogen-bond acceptors (Lipinski definition) is 3. The van der Waals surface area contributed by atoms with Crippen molar-refractivity contribution in [2.75, 3.05) is 0 Å². The number of benzene rings is 1. The fourth-order valence-electron chi connectivity index (χ4n) is 1.31. The van der Waals surface area contributed by atoms with Crippen molar-refractivity contribution in [2.45, 2.75) is 6.54 Å². The molecule has 0 aliphatic heterocycles. The average molecular weight is 297 g/mol. The Kier molecular flexibility index (Phi) is 3.71. The van der Waals surface area contributed by atoms with E-state index in [1.165, 1.54) is 12.3 Å². The van der Waals surface area contributed by atoms with Crippen molar-refractivity contribution in [3.63, 3.8) is 0 Å². The summed E-state index contributed by atoms with van der Waals surface area (Å²) in [5.41, 5.74) is 5.78. The maximum Gasteiger partial charge on any atom is 0.256 e. The summed E-state index contributed by atoms with van der Waals surface area (Å²) in [6.07, 6.45) is 1.47. The molecule has 0 radical (unpaired) electrons. The van der Waals surface area contributed by atoms with E-state index in [1.54, 1.807) is 24.3 Å². The Morgan fingerprint density at radius 1 is 1.24 bits per heavy atom. The van der Waals surface area contributed by atoms with Crippen LogP contribution in [0, 0.1) is 5.82 Å². The fourth-order valence-corrected chi connectivity index (χ4v) is 1.57. The van der Waals surface area contributed by atoms with Crippen LogP contribution in [0.2, 0.25) is 0 Å². The van der Waals surface area contributed by atoms with Gasteiger partial charge in [0, 0.05) is 22.8 Å². The van der Waals surface area contributed by atoms with Gasteiger partial charge in [0.1, 0.15) is 5.75 Å². The minimum Gasteiger partial charge on any atom is -0.436 e. The smallest absolute Gasteiger partial charge is 0.256 e. The van der Waals surface area contributed by atoms with Crippen molar-refractivity contribution < 1.29 is 9.13 Å². The minimum absolute atomic E-state index is 0.0599. The Bertz CT molecular complexity index is 516. The molecule has 2 aromatic rings. The van der Waals surface area contributed by atoms with Crippen molar-refractivity contribution in [3.8, 4) is 11.6 Å². The van der Waals surface area contributed by atoms with Crippen molar-refractivity contribution in [1.82, 2.24) is 4.98 Å². The molecule has 2 rings (SSSR count). The molecule has 1 aromatic heterocycles. The number of pyridine rings is 1. The first-order chi connectivity index (χ1) is 8.20. The third-order valence-corrected chi connectivity index (χ3v) is 2.71. The van der Waals surface area contributed by atoms with Crippen LogP contribution in [0.25, 0.3) is 0 Å². The number of rotatable bonds is 3.